The maximum absolute atomic E-state index is 13.5. The van der Waals surface area contributed by atoms with Crippen molar-refractivity contribution in [2.45, 2.75) is 63.3 Å². The summed E-state index contributed by atoms with van der Waals surface area (Å²) in [5.74, 6) is -6.75. The van der Waals surface area contributed by atoms with Gasteiger partial charge in [-0.2, -0.15) is 0 Å². The normalized spacial score (nSPS) is 29.7. The Bertz CT molecular complexity index is 804. The monoisotopic (exact) mass is 426 g/mol. The fraction of sp³-hybridized carbons (Fsp3) is 0.636. The Morgan fingerprint density at radius 3 is 2.20 bits per heavy atom. The van der Waals surface area contributed by atoms with Crippen LogP contribution in [-0.2, 0) is 4.79 Å². The third kappa shape index (κ3) is 5.09. The van der Waals surface area contributed by atoms with Crippen LogP contribution < -0.4 is 5.32 Å². The van der Waals surface area contributed by atoms with E-state index >= 15 is 0 Å². The summed E-state index contributed by atoms with van der Waals surface area (Å²) in [6, 6.07) is -0.159. The average molecular weight is 426 g/mol. The molecule has 8 heteroatoms. The molecule has 0 bridgehead atoms. The number of halogens is 4. The Morgan fingerprint density at radius 2 is 1.67 bits per heavy atom. The Hall–Kier alpha value is -2.21. The third-order valence-electron chi connectivity index (χ3n) is 6.22. The molecule has 0 aromatic rings. The summed E-state index contributed by atoms with van der Waals surface area (Å²) >= 11 is 0. The summed E-state index contributed by atoms with van der Waals surface area (Å²) in [6.45, 7) is 9.62. The fourth-order valence-corrected chi connectivity index (χ4v) is 4.51. The summed E-state index contributed by atoms with van der Waals surface area (Å²) in [5, 5.41) is 6.98. The summed E-state index contributed by atoms with van der Waals surface area (Å²) in [4.78, 5) is 16.4. The van der Waals surface area contributed by atoms with E-state index in [1.807, 2.05) is 6.92 Å². The number of hydrogen-bond acceptors (Lipinski definition) is 2. The highest BCUT2D eigenvalue weighted by Gasteiger charge is 2.61. The van der Waals surface area contributed by atoms with Gasteiger partial charge in [0.05, 0.1) is 16.4 Å². The molecule has 3 rings (SSSR count). The fourth-order valence-electron chi connectivity index (χ4n) is 4.51. The summed E-state index contributed by atoms with van der Waals surface area (Å²) in [6.07, 6.45) is 4.86. The second-order valence-corrected chi connectivity index (χ2v) is 9.13. The third-order valence-corrected chi connectivity index (χ3v) is 6.22. The van der Waals surface area contributed by atoms with E-state index in [1.54, 1.807) is 18.2 Å². The summed E-state index contributed by atoms with van der Waals surface area (Å²) in [5.41, 5.74) is 0.914. The molecule has 0 heterocycles. The van der Waals surface area contributed by atoms with Gasteiger partial charge in [0.2, 0.25) is 17.8 Å². The summed E-state index contributed by atoms with van der Waals surface area (Å²) in [7, 11) is 0. The van der Waals surface area contributed by atoms with E-state index in [-0.39, 0.29) is 37.3 Å². The molecule has 3 aliphatic rings. The minimum atomic E-state index is -2.74. The van der Waals surface area contributed by atoms with E-state index in [0.717, 1.165) is 5.57 Å². The van der Waals surface area contributed by atoms with Crippen LogP contribution in [0, 0.1) is 17.3 Å². The second kappa shape index (κ2) is 8.14. The largest absolute Gasteiger partial charge is 0.353 e. The molecule has 3 fully saturated rings. The molecule has 0 spiro atoms. The van der Waals surface area contributed by atoms with Gasteiger partial charge in [0.15, 0.2) is 0 Å². The van der Waals surface area contributed by atoms with Crippen LogP contribution in [-0.4, -0.2) is 40.8 Å². The van der Waals surface area contributed by atoms with Crippen LogP contribution in [0.2, 0.25) is 0 Å². The number of alkyl halides is 4. The van der Waals surface area contributed by atoms with Gasteiger partial charge in [0, 0.05) is 42.4 Å². The van der Waals surface area contributed by atoms with Gasteiger partial charge in [-0.05, 0) is 25.3 Å². The molecule has 30 heavy (non-hydrogen) atoms. The van der Waals surface area contributed by atoms with Gasteiger partial charge in [-0.25, -0.2) is 17.6 Å². The highest BCUT2D eigenvalue weighted by Crippen LogP contribution is 2.51. The number of amides is 1. The molecular formula is C22H28F4N3O+. The molecule has 0 atom stereocenters. The van der Waals surface area contributed by atoms with E-state index in [0.29, 0.717) is 18.6 Å². The smallest absolute Gasteiger partial charge is 0.327 e. The maximum atomic E-state index is 13.5. The predicted octanol–water partition coefficient (Wildman–Crippen LogP) is 4.76. The zero-order valence-corrected chi connectivity index (χ0v) is 17.1. The lowest BCUT2D eigenvalue weighted by atomic mass is 9.58. The molecule has 3 saturated carbocycles. The Kier molecular flexibility index (Phi) is 6.10. The number of rotatable bonds is 8. The molecule has 0 unspecified atom stereocenters. The first kappa shape index (κ1) is 22.5. The van der Waals surface area contributed by atoms with E-state index < -0.39 is 36.0 Å². The van der Waals surface area contributed by atoms with Crippen LogP contribution in [0.5, 0.6) is 0 Å². The Labute approximate surface area is 173 Å². The second-order valence-electron chi connectivity index (χ2n) is 9.13. The molecule has 0 aromatic carbocycles. The molecule has 0 aromatic heterocycles. The van der Waals surface area contributed by atoms with Gasteiger partial charge in [-0.15, -0.1) is 0 Å². The van der Waals surface area contributed by atoms with Crippen molar-refractivity contribution in [1.29, 1.82) is 0 Å². The maximum Gasteiger partial charge on any atom is 0.327 e. The minimum absolute atomic E-state index is 0.159. The van der Waals surface area contributed by atoms with Crippen molar-refractivity contribution >= 4 is 11.6 Å². The van der Waals surface area contributed by atoms with Crippen LogP contribution in [0.1, 0.15) is 45.4 Å². The topological polar surface area (TPSA) is 55.6 Å². The summed E-state index contributed by atoms with van der Waals surface area (Å²) < 4.78 is 52.9. The van der Waals surface area contributed by atoms with Crippen LogP contribution in [0.15, 0.2) is 42.1 Å². The molecule has 3 aliphatic carbocycles. The van der Waals surface area contributed by atoms with Gasteiger partial charge in [0.25, 0.3) is 0 Å². The first-order valence-electron chi connectivity index (χ1n) is 10.2. The predicted molar refractivity (Wildman–Crippen MR) is 106 cm³/mol. The molecule has 0 radical (unpaired) electrons. The van der Waals surface area contributed by atoms with E-state index in [9.17, 15) is 22.4 Å². The zero-order valence-electron chi connectivity index (χ0n) is 17.1. The number of nitrogens with one attached hydrogen (secondary N) is 1. The number of allylic oxidation sites excluding steroid dienone is 2. The highest BCUT2D eigenvalue weighted by molar-refractivity contribution is 5.89. The molecule has 1 amide bonds. The lowest BCUT2D eigenvalue weighted by molar-refractivity contribution is -0.153. The Balaban J connectivity index is 1.62. The van der Waals surface area contributed by atoms with Crippen molar-refractivity contribution in [2.24, 2.45) is 22.4 Å². The Morgan fingerprint density at radius 1 is 1.10 bits per heavy atom. The SMILES string of the molecule is C=C/C=C\C(=C)CN=[N+]=C(C1CC(F)(F)C1)C1(C)CC(NC(=O)C2CC(F)(F)C2)C1. The molecule has 0 saturated heterocycles. The number of nitrogens with zero attached hydrogens (tertiary/aromatic N) is 2. The van der Waals surface area contributed by atoms with Crippen molar-refractivity contribution in [3.8, 4) is 0 Å². The van der Waals surface area contributed by atoms with E-state index in [2.05, 4.69) is 28.4 Å². The van der Waals surface area contributed by atoms with Crippen LogP contribution in [0.4, 0.5) is 17.6 Å². The number of hydrogen-bond donors (Lipinski definition) is 1. The van der Waals surface area contributed by atoms with Crippen molar-refractivity contribution in [1.82, 2.24) is 5.32 Å². The number of carbonyl (C=O) groups excluding carboxylic acids is 1. The van der Waals surface area contributed by atoms with Crippen molar-refractivity contribution in [3.05, 3.63) is 37.0 Å². The van der Waals surface area contributed by atoms with Crippen LogP contribution in [0.3, 0.4) is 0 Å². The van der Waals surface area contributed by atoms with Gasteiger partial charge in [-0.1, -0.05) is 31.4 Å². The first-order chi connectivity index (χ1) is 13.9. The van der Waals surface area contributed by atoms with Gasteiger partial charge < -0.3 is 5.32 Å². The van der Waals surface area contributed by atoms with E-state index in [1.165, 1.54) is 0 Å². The van der Waals surface area contributed by atoms with Crippen LogP contribution in [0.25, 0.3) is 0 Å². The lowest BCUT2D eigenvalue weighted by Crippen LogP contribution is -2.58. The van der Waals surface area contributed by atoms with Crippen molar-refractivity contribution in [3.63, 3.8) is 0 Å². The van der Waals surface area contributed by atoms with Gasteiger partial charge in [-0.3, -0.25) is 4.79 Å². The van der Waals surface area contributed by atoms with E-state index in [4.69, 9.17) is 0 Å². The molecule has 1 N–H and O–H groups in total. The molecule has 4 nitrogen and oxygen atoms in total. The molecule has 164 valence electrons. The number of carbonyl (C=O) groups is 1. The first-order valence-corrected chi connectivity index (χ1v) is 10.2. The van der Waals surface area contributed by atoms with Crippen molar-refractivity contribution < 1.29 is 27.1 Å². The standard InChI is InChI=1S/C22H27F4N3O/c1-4-5-6-14(2)13-27-29-18(15-7-21(23,24)8-15)20(3)11-17(12-20)28-19(30)16-9-22(25,26)10-16/h4-6,15-17H,1-2,7-13H2,3H3/p+1/b6-5-. The van der Waals surface area contributed by atoms with Crippen molar-refractivity contribution in [2.75, 3.05) is 6.54 Å². The highest BCUT2D eigenvalue weighted by atomic mass is 19.3. The van der Waals surface area contributed by atoms with Gasteiger partial charge in [0.1, 0.15) is 6.54 Å². The van der Waals surface area contributed by atoms with Crippen LogP contribution >= 0.6 is 0 Å². The average Bonchev–Trinajstić information content (AvgIpc) is 2.57. The minimum Gasteiger partial charge on any atom is -0.353 e. The van der Waals surface area contributed by atoms with Gasteiger partial charge >= 0.3 is 5.71 Å². The molecule has 0 aliphatic heterocycles. The zero-order chi connectivity index (χ0) is 22.2. The lowest BCUT2D eigenvalue weighted by Gasteiger charge is -2.46. The molecular weight excluding hydrogens is 398 g/mol. The quantitative estimate of drug-likeness (QED) is 0.197.